The Labute approximate surface area is 118 Å². The van der Waals surface area contributed by atoms with Gasteiger partial charge in [-0.15, -0.1) is 11.6 Å². The Hall–Kier alpha value is -1.16. The number of carbonyl (C=O) groups is 1. The maximum Gasteiger partial charge on any atom is 0.253 e. The van der Waals surface area contributed by atoms with E-state index in [1.165, 1.54) is 0 Å². The van der Waals surface area contributed by atoms with Gasteiger partial charge in [0.2, 0.25) is 0 Å². The molecule has 0 radical (unpaired) electrons. The summed E-state index contributed by atoms with van der Waals surface area (Å²) in [6.45, 7) is 3.65. The second-order valence-corrected chi connectivity index (χ2v) is 5.64. The molecule has 2 rings (SSSR count). The summed E-state index contributed by atoms with van der Waals surface area (Å²) in [5.74, 6) is 1.30. The van der Waals surface area contributed by atoms with E-state index in [9.17, 15) is 4.79 Å². The summed E-state index contributed by atoms with van der Waals surface area (Å²) < 4.78 is 0. The fraction of sp³-hybridized carbons (Fsp3) is 0.643. The van der Waals surface area contributed by atoms with E-state index >= 15 is 0 Å². The third-order valence-electron chi connectivity index (χ3n) is 3.75. The molecule has 1 aliphatic rings. The molecule has 19 heavy (non-hydrogen) atoms. The van der Waals surface area contributed by atoms with E-state index in [0.29, 0.717) is 17.2 Å². The lowest BCUT2D eigenvalue weighted by molar-refractivity contribution is 0.0922. The average Bonchev–Trinajstić information content (AvgIpc) is 2.42. The first-order chi connectivity index (χ1) is 9.10. The lowest BCUT2D eigenvalue weighted by Gasteiger charge is -2.28. The van der Waals surface area contributed by atoms with Gasteiger partial charge in [-0.05, 0) is 51.5 Å². The van der Waals surface area contributed by atoms with Gasteiger partial charge < -0.3 is 5.32 Å². The second kappa shape index (κ2) is 6.33. The highest BCUT2D eigenvalue weighted by atomic mass is 35.5. The van der Waals surface area contributed by atoms with Crippen LogP contribution in [0.5, 0.6) is 0 Å². The predicted molar refractivity (Wildman–Crippen MR) is 75.4 cm³/mol. The Kier molecular flexibility index (Phi) is 4.75. The zero-order chi connectivity index (χ0) is 13.8. The molecule has 0 bridgehead atoms. The highest BCUT2D eigenvalue weighted by molar-refractivity contribution is 6.18. The molecule has 104 valence electrons. The number of alkyl halides is 1. The molecule has 4 nitrogen and oxygen atoms in total. The minimum absolute atomic E-state index is 0.0372. The molecule has 0 aromatic carbocycles. The van der Waals surface area contributed by atoms with Crippen LogP contribution in [0.1, 0.15) is 47.4 Å². The summed E-state index contributed by atoms with van der Waals surface area (Å²) in [4.78, 5) is 12.2. The van der Waals surface area contributed by atoms with E-state index in [0.717, 1.165) is 37.3 Å². The van der Waals surface area contributed by atoms with Gasteiger partial charge in [0.1, 0.15) is 0 Å². The van der Waals surface area contributed by atoms with E-state index < -0.39 is 0 Å². The molecule has 5 heteroatoms. The van der Waals surface area contributed by atoms with Crippen LogP contribution in [0.3, 0.4) is 0 Å². The number of carbonyl (C=O) groups excluding carboxylic acids is 1. The summed E-state index contributed by atoms with van der Waals surface area (Å²) in [6.07, 6.45) is 4.22. The lowest BCUT2D eigenvalue weighted by Crippen LogP contribution is -2.38. The van der Waals surface area contributed by atoms with Gasteiger partial charge in [-0.2, -0.15) is 10.2 Å². The molecule has 0 unspecified atom stereocenters. The van der Waals surface area contributed by atoms with Crippen molar-refractivity contribution >= 4 is 17.5 Å². The normalized spacial score (nSPS) is 23.1. The number of hydrogen-bond acceptors (Lipinski definition) is 3. The van der Waals surface area contributed by atoms with Gasteiger partial charge in [0.05, 0.1) is 17.0 Å². The van der Waals surface area contributed by atoms with Crippen LogP contribution in [0.4, 0.5) is 0 Å². The maximum absolute atomic E-state index is 12.2. The van der Waals surface area contributed by atoms with Crippen molar-refractivity contribution < 1.29 is 4.79 Å². The monoisotopic (exact) mass is 281 g/mol. The lowest BCUT2D eigenvalue weighted by atomic mass is 9.87. The molecule has 1 N–H and O–H groups in total. The smallest absolute Gasteiger partial charge is 0.253 e. The van der Waals surface area contributed by atoms with Crippen molar-refractivity contribution in [3.63, 3.8) is 0 Å². The molecule has 1 saturated carbocycles. The Balaban J connectivity index is 1.96. The molecule has 1 amide bonds. The summed E-state index contributed by atoms with van der Waals surface area (Å²) in [5, 5.41) is 11.0. The van der Waals surface area contributed by atoms with Crippen LogP contribution in [0.15, 0.2) is 6.07 Å². The number of aryl methyl sites for hydroxylation is 2. The van der Waals surface area contributed by atoms with Gasteiger partial charge in [0.15, 0.2) is 0 Å². The van der Waals surface area contributed by atoms with Crippen molar-refractivity contribution in [1.29, 1.82) is 0 Å². The number of nitrogens with one attached hydrogen (secondary N) is 1. The highest BCUT2D eigenvalue weighted by Gasteiger charge is 2.23. The Morgan fingerprint density at radius 2 is 2.00 bits per heavy atom. The van der Waals surface area contributed by atoms with Gasteiger partial charge in [-0.1, -0.05) is 0 Å². The van der Waals surface area contributed by atoms with Crippen molar-refractivity contribution in [2.24, 2.45) is 5.92 Å². The number of rotatable bonds is 3. The van der Waals surface area contributed by atoms with Crippen molar-refractivity contribution in [1.82, 2.24) is 15.5 Å². The van der Waals surface area contributed by atoms with Crippen molar-refractivity contribution in [3.05, 3.63) is 23.0 Å². The third-order valence-corrected chi connectivity index (χ3v) is 4.18. The van der Waals surface area contributed by atoms with E-state index in [1.807, 2.05) is 13.8 Å². The number of halogens is 1. The first kappa shape index (κ1) is 14.3. The Morgan fingerprint density at radius 3 is 2.63 bits per heavy atom. The molecule has 0 atom stereocenters. The second-order valence-electron chi connectivity index (χ2n) is 5.33. The first-order valence-corrected chi connectivity index (χ1v) is 7.31. The van der Waals surface area contributed by atoms with Crippen molar-refractivity contribution in [3.8, 4) is 0 Å². The zero-order valence-corrected chi connectivity index (χ0v) is 12.2. The van der Waals surface area contributed by atoms with Crippen LogP contribution in [-0.2, 0) is 0 Å². The van der Waals surface area contributed by atoms with E-state index in [2.05, 4.69) is 15.5 Å². The molecule has 1 aliphatic carbocycles. The SMILES string of the molecule is Cc1cc(C(=O)NC2CCC(CCl)CC2)c(C)nn1. The van der Waals surface area contributed by atoms with E-state index in [1.54, 1.807) is 6.07 Å². The van der Waals surface area contributed by atoms with Crippen LogP contribution in [0.25, 0.3) is 0 Å². The van der Waals surface area contributed by atoms with Crippen molar-refractivity contribution in [2.45, 2.75) is 45.6 Å². The minimum atomic E-state index is -0.0372. The zero-order valence-electron chi connectivity index (χ0n) is 11.4. The number of amides is 1. The van der Waals surface area contributed by atoms with E-state index in [4.69, 9.17) is 11.6 Å². The van der Waals surface area contributed by atoms with Crippen LogP contribution < -0.4 is 5.32 Å². The van der Waals surface area contributed by atoms with Gasteiger partial charge in [-0.25, -0.2) is 0 Å². The fourth-order valence-electron chi connectivity index (χ4n) is 2.50. The maximum atomic E-state index is 12.2. The summed E-state index contributed by atoms with van der Waals surface area (Å²) in [7, 11) is 0. The highest BCUT2D eigenvalue weighted by Crippen LogP contribution is 2.25. The van der Waals surface area contributed by atoms with Gasteiger partial charge in [0.25, 0.3) is 5.91 Å². The van der Waals surface area contributed by atoms with Crippen LogP contribution in [-0.4, -0.2) is 28.0 Å². The molecule has 1 heterocycles. The molecule has 1 aromatic rings. The van der Waals surface area contributed by atoms with E-state index in [-0.39, 0.29) is 11.9 Å². The molecular weight excluding hydrogens is 262 g/mol. The molecule has 0 saturated heterocycles. The van der Waals surface area contributed by atoms with Crippen molar-refractivity contribution in [2.75, 3.05) is 5.88 Å². The number of nitrogens with zero attached hydrogens (tertiary/aromatic N) is 2. The predicted octanol–water partition coefficient (Wildman–Crippen LogP) is 2.62. The van der Waals surface area contributed by atoms with Crippen LogP contribution >= 0.6 is 11.6 Å². The van der Waals surface area contributed by atoms with Gasteiger partial charge in [-0.3, -0.25) is 4.79 Å². The number of hydrogen-bond donors (Lipinski definition) is 1. The topological polar surface area (TPSA) is 54.9 Å². The Bertz CT molecular complexity index is 456. The Morgan fingerprint density at radius 1 is 1.32 bits per heavy atom. The van der Waals surface area contributed by atoms with Crippen LogP contribution in [0.2, 0.25) is 0 Å². The molecule has 0 spiro atoms. The summed E-state index contributed by atoms with van der Waals surface area (Å²) in [6, 6.07) is 2.06. The average molecular weight is 282 g/mol. The molecule has 0 aliphatic heterocycles. The molecule has 1 fully saturated rings. The first-order valence-electron chi connectivity index (χ1n) is 6.78. The fourth-order valence-corrected chi connectivity index (χ4v) is 2.81. The quantitative estimate of drug-likeness (QED) is 0.867. The number of aromatic nitrogens is 2. The van der Waals surface area contributed by atoms with Gasteiger partial charge >= 0.3 is 0 Å². The molecule has 1 aromatic heterocycles. The standard InChI is InChI=1S/C14H20ClN3O/c1-9-7-13(10(2)18-17-9)14(19)16-12-5-3-11(8-15)4-6-12/h7,11-12H,3-6,8H2,1-2H3,(H,16,19). The minimum Gasteiger partial charge on any atom is -0.349 e. The summed E-state index contributed by atoms with van der Waals surface area (Å²) in [5.41, 5.74) is 2.08. The third kappa shape index (κ3) is 3.66. The van der Waals surface area contributed by atoms with Crippen LogP contribution in [0, 0.1) is 19.8 Å². The largest absolute Gasteiger partial charge is 0.349 e. The molecular formula is C14H20ClN3O. The van der Waals surface area contributed by atoms with Gasteiger partial charge in [0, 0.05) is 11.9 Å². The summed E-state index contributed by atoms with van der Waals surface area (Å²) >= 11 is 5.87.